The van der Waals surface area contributed by atoms with Gasteiger partial charge in [-0.1, -0.05) is 12.1 Å². The normalized spacial score (nSPS) is 9.78. The molecule has 4 nitrogen and oxygen atoms in total. The minimum Gasteiger partial charge on any atom is -0.472 e. The summed E-state index contributed by atoms with van der Waals surface area (Å²) in [5.74, 6) is -0.105. The molecule has 0 aliphatic rings. The fourth-order valence-corrected chi connectivity index (χ4v) is 1.69. The molecule has 0 saturated carbocycles. The predicted molar refractivity (Wildman–Crippen MR) is 65.7 cm³/mol. The molecule has 4 heteroatoms. The molecular weight excluding hydrogens is 228 g/mol. The molecule has 0 unspecified atom stereocenters. The molecule has 2 rings (SSSR count). The summed E-state index contributed by atoms with van der Waals surface area (Å²) in [6, 6.07) is 10.9. The van der Waals surface area contributed by atoms with Gasteiger partial charge in [0.25, 0.3) is 5.91 Å². The van der Waals surface area contributed by atoms with E-state index < -0.39 is 0 Å². The van der Waals surface area contributed by atoms with Crippen molar-refractivity contribution in [3.05, 3.63) is 59.5 Å². The third-order valence-corrected chi connectivity index (χ3v) is 2.59. The largest absolute Gasteiger partial charge is 0.472 e. The smallest absolute Gasteiger partial charge is 0.257 e. The van der Waals surface area contributed by atoms with Crippen LogP contribution in [0.3, 0.4) is 0 Å². The Labute approximate surface area is 105 Å². The molecule has 2 aromatic rings. The van der Waals surface area contributed by atoms with Gasteiger partial charge in [0.15, 0.2) is 0 Å². The minimum atomic E-state index is -0.105. The van der Waals surface area contributed by atoms with E-state index in [4.69, 9.17) is 9.68 Å². The summed E-state index contributed by atoms with van der Waals surface area (Å²) >= 11 is 0. The molecule has 90 valence electrons. The number of rotatable bonds is 3. The molecule has 1 amide bonds. The van der Waals surface area contributed by atoms with Gasteiger partial charge in [-0.15, -0.1) is 0 Å². The van der Waals surface area contributed by atoms with Crippen LogP contribution in [0.1, 0.15) is 21.5 Å². The number of benzene rings is 1. The number of carbonyl (C=O) groups is 1. The average Bonchev–Trinajstić information content (AvgIpc) is 2.92. The van der Waals surface area contributed by atoms with Crippen molar-refractivity contribution in [1.29, 1.82) is 5.26 Å². The van der Waals surface area contributed by atoms with Gasteiger partial charge in [0.1, 0.15) is 6.26 Å². The summed E-state index contributed by atoms with van der Waals surface area (Å²) in [5.41, 5.74) is 2.04. The zero-order chi connectivity index (χ0) is 13.0. The highest BCUT2D eigenvalue weighted by Gasteiger charge is 2.12. The van der Waals surface area contributed by atoms with E-state index in [0.717, 1.165) is 5.56 Å². The fraction of sp³-hybridized carbons (Fsp3) is 0.143. The van der Waals surface area contributed by atoms with Gasteiger partial charge in [0, 0.05) is 13.6 Å². The Balaban J connectivity index is 2.09. The molecule has 0 radical (unpaired) electrons. The lowest BCUT2D eigenvalue weighted by molar-refractivity contribution is 0.0784. The van der Waals surface area contributed by atoms with Crippen molar-refractivity contribution in [2.24, 2.45) is 0 Å². The maximum atomic E-state index is 12.0. The zero-order valence-electron chi connectivity index (χ0n) is 9.96. The maximum absolute atomic E-state index is 12.0. The van der Waals surface area contributed by atoms with Crippen LogP contribution in [0.15, 0.2) is 47.3 Å². The lowest BCUT2D eigenvalue weighted by atomic mass is 10.1. The topological polar surface area (TPSA) is 57.2 Å². The van der Waals surface area contributed by atoms with Crippen LogP contribution in [-0.2, 0) is 6.54 Å². The van der Waals surface area contributed by atoms with Crippen LogP contribution in [0.4, 0.5) is 0 Å². The second-order valence-corrected chi connectivity index (χ2v) is 3.99. The van der Waals surface area contributed by atoms with Crippen molar-refractivity contribution in [2.45, 2.75) is 6.54 Å². The third kappa shape index (κ3) is 2.58. The van der Waals surface area contributed by atoms with Gasteiger partial charge in [-0.2, -0.15) is 5.26 Å². The monoisotopic (exact) mass is 240 g/mol. The van der Waals surface area contributed by atoms with Gasteiger partial charge in [0.05, 0.1) is 23.5 Å². The van der Waals surface area contributed by atoms with Gasteiger partial charge in [-0.3, -0.25) is 4.79 Å². The zero-order valence-corrected chi connectivity index (χ0v) is 9.96. The molecule has 0 N–H and O–H groups in total. The van der Waals surface area contributed by atoms with Crippen molar-refractivity contribution in [3.63, 3.8) is 0 Å². The van der Waals surface area contributed by atoms with Crippen molar-refractivity contribution in [3.8, 4) is 6.07 Å². The first kappa shape index (κ1) is 11.9. The van der Waals surface area contributed by atoms with E-state index in [1.54, 1.807) is 30.1 Å². The molecule has 0 atom stereocenters. The SMILES string of the molecule is CN(Cc1cccc(C#N)c1)C(=O)c1ccoc1. The molecule has 1 aromatic heterocycles. The lowest BCUT2D eigenvalue weighted by Gasteiger charge is -2.16. The van der Waals surface area contributed by atoms with Gasteiger partial charge in [0.2, 0.25) is 0 Å². The summed E-state index contributed by atoms with van der Waals surface area (Å²) < 4.78 is 4.88. The van der Waals surface area contributed by atoms with Crippen molar-refractivity contribution in [1.82, 2.24) is 4.90 Å². The van der Waals surface area contributed by atoms with Crippen LogP contribution in [0, 0.1) is 11.3 Å². The Bertz CT molecular complexity index is 582. The summed E-state index contributed by atoms with van der Waals surface area (Å²) in [6.07, 6.45) is 2.89. The van der Waals surface area contributed by atoms with Crippen LogP contribution in [0.2, 0.25) is 0 Å². The van der Waals surface area contributed by atoms with Gasteiger partial charge >= 0.3 is 0 Å². The summed E-state index contributed by atoms with van der Waals surface area (Å²) in [7, 11) is 1.72. The Morgan fingerprint density at radius 3 is 2.94 bits per heavy atom. The van der Waals surface area contributed by atoms with E-state index in [0.29, 0.717) is 17.7 Å². The second-order valence-electron chi connectivity index (χ2n) is 3.99. The fourth-order valence-electron chi connectivity index (χ4n) is 1.69. The first-order valence-corrected chi connectivity index (χ1v) is 5.47. The van der Waals surface area contributed by atoms with E-state index >= 15 is 0 Å². The molecule has 0 bridgehead atoms. The number of hydrogen-bond donors (Lipinski definition) is 0. The minimum absolute atomic E-state index is 0.105. The highest BCUT2D eigenvalue weighted by Crippen LogP contribution is 2.10. The molecule has 0 saturated heterocycles. The van der Waals surface area contributed by atoms with Crippen LogP contribution in [-0.4, -0.2) is 17.9 Å². The molecule has 1 heterocycles. The molecular formula is C14H12N2O2. The third-order valence-electron chi connectivity index (χ3n) is 2.59. The number of hydrogen-bond acceptors (Lipinski definition) is 3. The highest BCUT2D eigenvalue weighted by atomic mass is 16.3. The summed E-state index contributed by atoms with van der Waals surface area (Å²) in [6.45, 7) is 0.458. The van der Waals surface area contributed by atoms with Crippen LogP contribution in [0.25, 0.3) is 0 Å². The predicted octanol–water partition coefficient (Wildman–Crippen LogP) is 2.42. The van der Waals surface area contributed by atoms with E-state index in [9.17, 15) is 4.79 Å². The van der Waals surface area contributed by atoms with E-state index in [2.05, 4.69) is 6.07 Å². The quantitative estimate of drug-likeness (QED) is 0.827. The maximum Gasteiger partial charge on any atom is 0.257 e. The number of nitrogens with zero attached hydrogens (tertiary/aromatic N) is 2. The van der Waals surface area contributed by atoms with Crippen LogP contribution < -0.4 is 0 Å². The number of nitriles is 1. The van der Waals surface area contributed by atoms with E-state index in [-0.39, 0.29) is 5.91 Å². The van der Waals surface area contributed by atoms with Crippen molar-refractivity contribution < 1.29 is 9.21 Å². The standard InChI is InChI=1S/C14H12N2O2/c1-16(14(17)13-5-6-18-10-13)9-12-4-2-3-11(7-12)8-15/h2-7,10H,9H2,1H3. The molecule has 0 aliphatic carbocycles. The molecule has 18 heavy (non-hydrogen) atoms. The highest BCUT2D eigenvalue weighted by molar-refractivity contribution is 5.93. The molecule has 0 aliphatic heterocycles. The molecule has 0 spiro atoms. The van der Waals surface area contributed by atoms with Crippen LogP contribution in [0.5, 0.6) is 0 Å². The Morgan fingerprint density at radius 1 is 1.44 bits per heavy atom. The summed E-state index contributed by atoms with van der Waals surface area (Å²) in [4.78, 5) is 13.6. The van der Waals surface area contributed by atoms with Crippen LogP contribution >= 0.6 is 0 Å². The molecule has 0 fully saturated rings. The molecule has 1 aromatic carbocycles. The lowest BCUT2D eigenvalue weighted by Crippen LogP contribution is -2.25. The number of amides is 1. The van der Waals surface area contributed by atoms with Gasteiger partial charge < -0.3 is 9.32 Å². The number of furan rings is 1. The average molecular weight is 240 g/mol. The second kappa shape index (κ2) is 5.19. The Kier molecular flexibility index (Phi) is 3.44. The first-order chi connectivity index (χ1) is 8.70. The van der Waals surface area contributed by atoms with E-state index in [1.165, 1.54) is 12.5 Å². The van der Waals surface area contributed by atoms with E-state index in [1.807, 2.05) is 12.1 Å². The van der Waals surface area contributed by atoms with Crippen molar-refractivity contribution in [2.75, 3.05) is 7.05 Å². The Hall–Kier alpha value is -2.54. The first-order valence-electron chi connectivity index (χ1n) is 5.47. The number of carbonyl (C=O) groups excluding carboxylic acids is 1. The van der Waals surface area contributed by atoms with Gasteiger partial charge in [-0.05, 0) is 23.8 Å². The van der Waals surface area contributed by atoms with Crippen molar-refractivity contribution >= 4 is 5.91 Å². The Morgan fingerprint density at radius 2 is 2.28 bits per heavy atom. The van der Waals surface area contributed by atoms with Gasteiger partial charge in [-0.25, -0.2) is 0 Å². The summed E-state index contributed by atoms with van der Waals surface area (Å²) in [5, 5.41) is 8.81.